The summed E-state index contributed by atoms with van der Waals surface area (Å²) in [4.78, 5) is 16.2. The fourth-order valence-electron chi connectivity index (χ4n) is 2.28. The zero-order valence-corrected chi connectivity index (χ0v) is 13.0. The smallest absolute Gasteiger partial charge is 0.220 e. The summed E-state index contributed by atoms with van der Waals surface area (Å²) in [5, 5.41) is 9.67. The zero-order chi connectivity index (χ0) is 16.8. The van der Waals surface area contributed by atoms with Crippen LogP contribution in [0.15, 0.2) is 54.6 Å². The van der Waals surface area contributed by atoms with Gasteiger partial charge in [-0.1, -0.05) is 30.3 Å². The molecule has 0 aliphatic rings. The predicted octanol–water partition coefficient (Wildman–Crippen LogP) is 2.86. The summed E-state index contributed by atoms with van der Waals surface area (Å²) in [6.45, 7) is 0.280. The summed E-state index contributed by atoms with van der Waals surface area (Å²) in [5.74, 6) is 0.685. The first-order valence-corrected chi connectivity index (χ1v) is 7.68. The van der Waals surface area contributed by atoms with Crippen LogP contribution in [-0.2, 0) is 17.8 Å². The van der Waals surface area contributed by atoms with Crippen LogP contribution < -0.4 is 5.32 Å². The van der Waals surface area contributed by atoms with Gasteiger partial charge in [0.15, 0.2) is 5.82 Å². The monoisotopic (exact) mass is 324 g/mol. The van der Waals surface area contributed by atoms with Crippen molar-refractivity contribution in [1.29, 1.82) is 0 Å². The topological polar surface area (TPSA) is 70.7 Å². The van der Waals surface area contributed by atoms with E-state index >= 15 is 0 Å². The number of benzene rings is 2. The molecule has 2 aromatic carbocycles. The Labute approximate surface area is 138 Å². The van der Waals surface area contributed by atoms with E-state index in [1.54, 1.807) is 12.1 Å². The molecule has 1 amide bonds. The quantitative estimate of drug-likeness (QED) is 0.732. The van der Waals surface area contributed by atoms with Gasteiger partial charge in [0, 0.05) is 12.0 Å². The molecular weight excluding hydrogens is 307 g/mol. The number of nitrogens with one attached hydrogen (secondary N) is 2. The Hall–Kier alpha value is -3.02. The van der Waals surface area contributed by atoms with Gasteiger partial charge in [-0.05, 0) is 36.2 Å². The first-order valence-electron chi connectivity index (χ1n) is 7.68. The molecule has 3 rings (SSSR count). The molecule has 24 heavy (non-hydrogen) atoms. The van der Waals surface area contributed by atoms with Crippen LogP contribution in [-0.4, -0.2) is 21.1 Å². The Kier molecular flexibility index (Phi) is 4.96. The lowest BCUT2D eigenvalue weighted by molar-refractivity contribution is -0.121. The predicted molar refractivity (Wildman–Crippen MR) is 88.4 cm³/mol. The summed E-state index contributed by atoms with van der Waals surface area (Å²) < 4.78 is 12.9. The summed E-state index contributed by atoms with van der Waals surface area (Å²) in [7, 11) is 0. The van der Waals surface area contributed by atoms with Crippen molar-refractivity contribution in [3.05, 3.63) is 71.8 Å². The normalized spacial score (nSPS) is 10.5. The van der Waals surface area contributed by atoms with Gasteiger partial charge in [0.2, 0.25) is 5.91 Å². The third kappa shape index (κ3) is 4.25. The second-order valence-corrected chi connectivity index (χ2v) is 5.37. The number of aromatic nitrogens is 3. The van der Waals surface area contributed by atoms with Crippen molar-refractivity contribution < 1.29 is 9.18 Å². The maximum atomic E-state index is 12.9. The Morgan fingerprint density at radius 3 is 2.58 bits per heavy atom. The highest BCUT2D eigenvalue weighted by molar-refractivity contribution is 5.76. The first kappa shape index (κ1) is 15.9. The highest BCUT2D eigenvalue weighted by Crippen LogP contribution is 2.14. The molecule has 122 valence electrons. The molecule has 1 heterocycles. The number of aryl methyl sites for hydroxylation is 1. The van der Waals surface area contributed by atoms with Crippen LogP contribution in [0, 0.1) is 5.82 Å². The molecule has 0 aliphatic carbocycles. The van der Waals surface area contributed by atoms with Crippen molar-refractivity contribution in [3.63, 3.8) is 0 Å². The Balaban J connectivity index is 1.50. The zero-order valence-electron chi connectivity index (χ0n) is 13.0. The van der Waals surface area contributed by atoms with Crippen LogP contribution in [0.5, 0.6) is 0 Å². The van der Waals surface area contributed by atoms with Gasteiger partial charge in [0.05, 0.1) is 6.54 Å². The summed E-state index contributed by atoms with van der Waals surface area (Å²) in [6.07, 6.45) is 1.12. The van der Waals surface area contributed by atoms with Gasteiger partial charge >= 0.3 is 0 Å². The van der Waals surface area contributed by atoms with Crippen LogP contribution in [0.4, 0.5) is 4.39 Å². The highest BCUT2D eigenvalue weighted by Gasteiger charge is 2.08. The van der Waals surface area contributed by atoms with Crippen molar-refractivity contribution in [2.24, 2.45) is 0 Å². The summed E-state index contributed by atoms with van der Waals surface area (Å²) in [5.41, 5.74) is 1.85. The van der Waals surface area contributed by atoms with Gasteiger partial charge in [0.25, 0.3) is 0 Å². The van der Waals surface area contributed by atoms with Crippen molar-refractivity contribution in [2.45, 2.75) is 19.4 Å². The van der Waals surface area contributed by atoms with Crippen molar-refractivity contribution in [3.8, 4) is 11.4 Å². The Morgan fingerprint density at radius 2 is 1.83 bits per heavy atom. The molecule has 0 radical (unpaired) electrons. The van der Waals surface area contributed by atoms with Crippen LogP contribution in [0.1, 0.15) is 17.8 Å². The maximum absolute atomic E-state index is 12.9. The van der Waals surface area contributed by atoms with E-state index in [4.69, 9.17) is 0 Å². The minimum atomic E-state index is -0.305. The number of halogens is 1. The second-order valence-electron chi connectivity index (χ2n) is 5.37. The fourth-order valence-corrected chi connectivity index (χ4v) is 2.28. The van der Waals surface area contributed by atoms with E-state index in [2.05, 4.69) is 20.5 Å². The average molecular weight is 324 g/mol. The molecular formula is C18H17FN4O. The minimum Gasteiger partial charge on any atom is -0.349 e. The van der Waals surface area contributed by atoms with Crippen LogP contribution in [0.25, 0.3) is 11.4 Å². The number of nitrogens with zero attached hydrogens (tertiary/aromatic N) is 2. The van der Waals surface area contributed by atoms with Gasteiger partial charge in [0.1, 0.15) is 11.6 Å². The Bertz CT molecular complexity index is 799. The number of rotatable bonds is 6. The van der Waals surface area contributed by atoms with Gasteiger partial charge < -0.3 is 5.32 Å². The van der Waals surface area contributed by atoms with Crippen molar-refractivity contribution in [1.82, 2.24) is 20.5 Å². The maximum Gasteiger partial charge on any atom is 0.220 e. The lowest BCUT2D eigenvalue weighted by atomic mass is 10.1. The largest absolute Gasteiger partial charge is 0.349 e. The van der Waals surface area contributed by atoms with E-state index in [1.807, 2.05) is 30.3 Å². The van der Waals surface area contributed by atoms with Gasteiger partial charge in [-0.3, -0.25) is 9.89 Å². The molecule has 0 saturated heterocycles. The standard InChI is InChI=1S/C18H17FN4O/c19-15-9-7-14(8-10-15)18-21-16(22-23-18)12-20-17(24)11-6-13-4-2-1-3-5-13/h1-5,7-10H,6,11-12H2,(H,20,24)(H,21,22,23). The molecule has 0 unspecified atom stereocenters. The number of aromatic amines is 1. The molecule has 1 aromatic heterocycles. The van der Waals surface area contributed by atoms with Crippen LogP contribution >= 0.6 is 0 Å². The summed E-state index contributed by atoms with van der Waals surface area (Å²) in [6, 6.07) is 15.8. The fraction of sp³-hybridized carbons (Fsp3) is 0.167. The number of carbonyl (C=O) groups excluding carboxylic acids is 1. The van der Waals surface area contributed by atoms with E-state index in [1.165, 1.54) is 12.1 Å². The minimum absolute atomic E-state index is 0.0430. The lowest BCUT2D eigenvalue weighted by Gasteiger charge is -2.03. The molecule has 0 bridgehead atoms. The van der Waals surface area contributed by atoms with Gasteiger partial charge in [-0.2, -0.15) is 5.10 Å². The molecule has 5 nitrogen and oxygen atoms in total. The van der Waals surface area contributed by atoms with Gasteiger partial charge in [-0.15, -0.1) is 0 Å². The lowest BCUT2D eigenvalue weighted by Crippen LogP contribution is -2.23. The average Bonchev–Trinajstić information content (AvgIpc) is 3.09. The van der Waals surface area contributed by atoms with Gasteiger partial charge in [-0.25, -0.2) is 9.37 Å². The van der Waals surface area contributed by atoms with Crippen molar-refractivity contribution in [2.75, 3.05) is 0 Å². The molecule has 0 spiro atoms. The van der Waals surface area contributed by atoms with Crippen molar-refractivity contribution >= 4 is 5.91 Å². The van der Waals surface area contributed by atoms with E-state index in [9.17, 15) is 9.18 Å². The highest BCUT2D eigenvalue weighted by atomic mass is 19.1. The molecule has 2 N–H and O–H groups in total. The third-order valence-corrected chi connectivity index (χ3v) is 3.57. The molecule has 0 fully saturated rings. The second kappa shape index (κ2) is 7.50. The molecule has 3 aromatic rings. The SMILES string of the molecule is O=C(CCc1ccccc1)NCc1nc(-c2ccc(F)cc2)n[nH]1. The van der Waals surface area contributed by atoms with Crippen LogP contribution in [0.2, 0.25) is 0 Å². The van der Waals surface area contributed by atoms with E-state index in [0.717, 1.165) is 5.56 Å². The molecule has 0 aliphatic heterocycles. The van der Waals surface area contributed by atoms with E-state index < -0.39 is 0 Å². The van der Waals surface area contributed by atoms with Crippen LogP contribution in [0.3, 0.4) is 0 Å². The van der Waals surface area contributed by atoms with E-state index in [-0.39, 0.29) is 18.3 Å². The summed E-state index contributed by atoms with van der Waals surface area (Å²) >= 11 is 0. The number of hydrogen-bond donors (Lipinski definition) is 2. The number of H-pyrrole nitrogens is 1. The van der Waals surface area contributed by atoms with E-state index in [0.29, 0.717) is 30.1 Å². The molecule has 0 saturated carbocycles. The molecule has 6 heteroatoms. The first-order chi connectivity index (χ1) is 11.7. The molecule has 0 atom stereocenters. The number of carbonyl (C=O) groups is 1. The Morgan fingerprint density at radius 1 is 1.08 bits per heavy atom. The number of hydrogen-bond acceptors (Lipinski definition) is 3. The number of amides is 1. The third-order valence-electron chi connectivity index (χ3n) is 3.57.